The van der Waals surface area contributed by atoms with Crippen molar-refractivity contribution in [2.75, 3.05) is 23.8 Å². The molecule has 0 aliphatic rings. The fourth-order valence-electron chi connectivity index (χ4n) is 1.89. The summed E-state index contributed by atoms with van der Waals surface area (Å²) in [4.78, 5) is 0. The van der Waals surface area contributed by atoms with Gasteiger partial charge in [-0.25, -0.2) is 0 Å². The molecule has 0 atom stereocenters. The molecule has 0 unspecified atom stereocenters. The molecular formula is C13H21ClNPS. The van der Waals surface area contributed by atoms with Gasteiger partial charge in [0.25, 0.3) is 0 Å². The summed E-state index contributed by atoms with van der Waals surface area (Å²) in [6.07, 6.45) is 2.87. The zero-order valence-corrected chi connectivity index (χ0v) is 13.2. The average Bonchev–Trinajstić information content (AvgIpc) is 2.39. The molecule has 0 aromatic heterocycles. The molecule has 0 amide bonds. The first kappa shape index (κ1) is 14.9. The third kappa shape index (κ3) is 2.99. The predicted octanol–water partition coefficient (Wildman–Crippen LogP) is 5.15. The minimum atomic E-state index is -2.39. The second-order valence-corrected chi connectivity index (χ2v) is 13.2. The van der Waals surface area contributed by atoms with Gasteiger partial charge in [-0.05, 0) is 0 Å². The van der Waals surface area contributed by atoms with Crippen molar-refractivity contribution in [1.82, 2.24) is 0 Å². The molecule has 0 bridgehead atoms. The SMILES string of the molecule is CCP(Cl)(CC)(CC)C(=S)Nc1ccccc1. The predicted molar refractivity (Wildman–Crippen MR) is 87.1 cm³/mol. The quantitative estimate of drug-likeness (QED) is 0.594. The van der Waals surface area contributed by atoms with E-state index in [-0.39, 0.29) is 0 Å². The fraction of sp³-hybridized carbons (Fsp3) is 0.462. The number of nitrogens with one attached hydrogen (secondary N) is 1. The van der Waals surface area contributed by atoms with E-state index in [2.05, 4.69) is 26.1 Å². The third-order valence-electron chi connectivity index (χ3n) is 3.71. The van der Waals surface area contributed by atoms with E-state index in [9.17, 15) is 0 Å². The molecular weight excluding hydrogens is 269 g/mol. The summed E-state index contributed by atoms with van der Waals surface area (Å²) in [5.74, 6) is -2.39. The van der Waals surface area contributed by atoms with Crippen LogP contribution in [0.3, 0.4) is 0 Å². The number of halogens is 1. The number of thiocarbonyl (C=S) groups is 1. The zero-order chi connectivity index (χ0) is 13.0. The van der Waals surface area contributed by atoms with Crippen LogP contribution in [0.4, 0.5) is 5.69 Å². The molecule has 0 radical (unpaired) electrons. The van der Waals surface area contributed by atoms with Crippen LogP contribution in [0.2, 0.25) is 0 Å². The van der Waals surface area contributed by atoms with E-state index in [4.69, 9.17) is 23.5 Å². The van der Waals surface area contributed by atoms with Crippen molar-refractivity contribution in [3.8, 4) is 0 Å². The Bertz CT molecular complexity index is 379. The van der Waals surface area contributed by atoms with Crippen molar-refractivity contribution >= 4 is 39.8 Å². The maximum atomic E-state index is 6.98. The van der Waals surface area contributed by atoms with Gasteiger partial charge in [-0.3, -0.25) is 0 Å². The molecule has 0 heterocycles. The summed E-state index contributed by atoms with van der Waals surface area (Å²) in [6, 6.07) is 10.0. The van der Waals surface area contributed by atoms with Gasteiger partial charge in [0.2, 0.25) is 0 Å². The van der Waals surface area contributed by atoms with Crippen LogP contribution in [0.25, 0.3) is 0 Å². The van der Waals surface area contributed by atoms with Gasteiger partial charge in [-0.15, -0.1) is 0 Å². The summed E-state index contributed by atoms with van der Waals surface area (Å²) < 4.78 is 0.858. The van der Waals surface area contributed by atoms with Gasteiger partial charge in [0.15, 0.2) is 0 Å². The third-order valence-corrected chi connectivity index (χ3v) is 13.7. The Kier molecular flexibility index (Phi) is 4.95. The van der Waals surface area contributed by atoms with Gasteiger partial charge < -0.3 is 0 Å². The number of rotatable bonds is 5. The average molecular weight is 290 g/mol. The molecule has 0 saturated heterocycles. The fourth-order valence-corrected chi connectivity index (χ4v) is 5.90. The second kappa shape index (κ2) is 5.65. The minimum absolute atomic E-state index is 0.858. The molecule has 1 aromatic rings. The Hall–Kier alpha value is -0.170. The molecule has 1 N–H and O–H groups in total. The van der Waals surface area contributed by atoms with Crippen molar-refractivity contribution < 1.29 is 0 Å². The Morgan fingerprint density at radius 2 is 1.59 bits per heavy atom. The van der Waals surface area contributed by atoms with Gasteiger partial charge >= 0.3 is 115 Å². The van der Waals surface area contributed by atoms with Crippen molar-refractivity contribution in [2.24, 2.45) is 0 Å². The van der Waals surface area contributed by atoms with E-state index in [0.29, 0.717) is 0 Å². The van der Waals surface area contributed by atoms with Crippen LogP contribution in [0, 0.1) is 0 Å². The topological polar surface area (TPSA) is 12.0 Å². The number of para-hydroxylation sites is 1. The summed E-state index contributed by atoms with van der Waals surface area (Å²) in [5.41, 5.74) is 1.03. The molecule has 0 aliphatic heterocycles. The van der Waals surface area contributed by atoms with E-state index in [1.807, 2.05) is 30.3 Å². The molecule has 0 saturated carbocycles. The molecule has 0 spiro atoms. The van der Waals surface area contributed by atoms with Gasteiger partial charge in [0.1, 0.15) is 0 Å². The Balaban J connectivity index is 2.96. The summed E-state index contributed by atoms with van der Waals surface area (Å²) >= 11 is 12.6. The molecule has 1 rings (SSSR count). The van der Waals surface area contributed by atoms with Gasteiger partial charge in [0, 0.05) is 0 Å². The van der Waals surface area contributed by atoms with E-state index in [0.717, 1.165) is 28.9 Å². The zero-order valence-electron chi connectivity index (χ0n) is 10.7. The van der Waals surface area contributed by atoms with Gasteiger partial charge in [-0.1, -0.05) is 0 Å². The van der Waals surface area contributed by atoms with E-state index < -0.39 is 5.96 Å². The van der Waals surface area contributed by atoms with Crippen molar-refractivity contribution in [2.45, 2.75) is 20.8 Å². The van der Waals surface area contributed by atoms with E-state index in [1.54, 1.807) is 0 Å². The van der Waals surface area contributed by atoms with Crippen LogP contribution >= 0.6 is 29.4 Å². The first-order valence-electron chi connectivity index (χ1n) is 6.08. The van der Waals surface area contributed by atoms with E-state index in [1.165, 1.54) is 0 Å². The normalized spacial score (nSPS) is 13.8. The number of benzene rings is 1. The molecule has 17 heavy (non-hydrogen) atoms. The van der Waals surface area contributed by atoms with Crippen LogP contribution in [-0.2, 0) is 0 Å². The van der Waals surface area contributed by atoms with Crippen LogP contribution < -0.4 is 5.32 Å². The van der Waals surface area contributed by atoms with Crippen LogP contribution in [0.5, 0.6) is 0 Å². The van der Waals surface area contributed by atoms with Gasteiger partial charge in [0.05, 0.1) is 0 Å². The summed E-state index contributed by atoms with van der Waals surface area (Å²) in [6.45, 7) is 6.45. The molecule has 1 aromatic carbocycles. The first-order chi connectivity index (χ1) is 7.99. The standard InChI is InChI=1S/C13H21ClNPS/c1-4-16(14,5-2,6-3)13(17)15-12-10-8-7-9-11-12/h7-11H,4-6H2,1-3H3,(H,15,17). The van der Waals surface area contributed by atoms with Gasteiger partial charge in [-0.2, -0.15) is 0 Å². The van der Waals surface area contributed by atoms with Crippen molar-refractivity contribution in [3.63, 3.8) is 0 Å². The Morgan fingerprint density at radius 1 is 1.12 bits per heavy atom. The van der Waals surface area contributed by atoms with Crippen LogP contribution in [0.1, 0.15) is 20.8 Å². The molecule has 4 heteroatoms. The maximum absolute atomic E-state index is 6.98. The monoisotopic (exact) mass is 289 g/mol. The van der Waals surface area contributed by atoms with Crippen LogP contribution in [0.15, 0.2) is 30.3 Å². The molecule has 96 valence electrons. The molecule has 1 nitrogen and oxygen atoms in total. The first-order valence-corrected chi connectivity index (χ1v) is 10.2. The number of hydrogen-bond donors (Lipinski definition) is 1. The molecule has 0 aliphatic carbocycles. The summed E-state index contributed by atoms with van der Waals surface area (Å²) in [5, 5.41) is 3.33. The Labute approximate surface area is 115 Å². The second-order valence-electron chi connectivity index (χ2n) is 4.33. The Morgan fingerprint density at radius 3 is 2.00 bits per heavy atom. The van der Waals surface area contributed by atoms with Crippen molar-refractivity contribution in [1.29, 1.82) is 0 Å². The molecule has 0 fully saturated rings. The summed E-state index contributed by atoms with van der Waals surface area (Å²) in [7, 11) is 0. The number of anilines is 1. The van der Waals surface area contributed by atoms with Crippen LogP contribution in [-0.4, -0.2) is 23.2 Å². The van der Waals surface area contributed by atoms with E-state index >= 15 is 0 Å². The van der Waals surface area contributed by atoms with Crippen molar-refractivity contribution in [3.05, 3.63) is 30.3 Å². The number of hydrogen-bond acceptors (Lipinski definition) is 1.